The summed E-state index contributed by atoms with van der Waals surface area (Å²) in [7, 11) is -3.17. The second-order valence-electron chi connectivity index (χ2n) is 3.66. The summed E-state index contributed by atoms with van der Waals surface area (Å²) in [6.45, 7) is 4.34. The van der Waals surface area contributed by atoms with Crippen LogP contribution in [0.2, 0.25) is 10.0 Å². The third kappa shape index (κ3) is 5.82. The van der Waals surface area contributed by atoms with Gasteiger partial charge in [0.05, 0.1) is 19.8 Å². The van der Waals surface area contributed by atoms with Crippen molar-refractivity contribution in [2.24, 2.45) is 0 Å². The third-order valence-electron chi connectivity index (χ3n) is 2.17. The van der Waals surface area contributed by atoms with Crippen molar-refractivity contribution in [3.63, 3.8) is 0 Å². The Labute approximate surface area is 123 Å². The van der Waals surface area contributed by atoms with E-state index in [1.54, 1.807) is 32.0 Å². The molecule has 7 heteroatoms. The van der Waals surface area contributed by atoms with E-state index in [0.717, 1.165) is 5.56 Å². The van der Waals surface area contributed by atoms with Crippen molar-refractivity contribution >= 4 is 30.8 Å². The molecule has 0 bridgehead atoms. The molecule has 0 aromatic heterocycles. The Hall–Kier alpha value is -0.0900. The minimum atomic E-state index is -3.17. The predicted octanol–water partition coefficient (Wildman–Crippen LogP) is 4.73. The van der Waals surface area contributed by atoms with Gasteiger partial charge < -0.3 is 13.8 Å². The molecule has 0 spiro atoms. The van der Waals surface area contributed by atoms with Crippen molar-refractivity contribution in [3.05, 3.63) is 33.8 Å². The van der Waals surface area contributed by atoms with Crippen molar-refractivity contribution < 1.29 is 18.3 Å². The Bertz CT molecular complexity index is 443. The van der Waals surface area contributed by atoms with E-state index in [2.05, 4.69) is 0 Å². The molecule has 0 aliphatic rings. The van der Waals surface area contributed by atoms with E-state index in [9.17, 15) is 4.57 Å². The van der Waals surface area contributed by atoms with Crippen LogP contribution in [-0.4, -0.2) is 19.6 Å². The maximum atomic E-state index is 12.1. The predicted molar refractivity (Wildman–Crippen MR) is 77.0 cm³/mol. The smallest absolute Gasteiger partial charge is 0.356 e. The summed E-state index contributed by atoms with van der Waals surface area (Å²) in [6, 6.07) is 5.11. The lowest BCUT2D eigenvalue weighted by Crippen LogP contribution is -2.04. The molecule has 19 heavy (non-hydrogen) atoms. The number of halogens is 2. The molecule has 0 atom stereocenters. The van der Waals surface area contributed by atoms with Crippen molar-refractivity contribution in [1.82, 2.24) is 0 Å². The monoisotopic (exact) mass is 326 g/mol. The Morgan fingerprint density at radius 3 is 2.32 bits per heavy atom. The molecule has 0 saturated carbocycles. The molecule has 0 radical (unpaired) electrons. The molecule has 0 aliphatic heterocycles. The van der Waals surface area contributed by atoms with Gasteiger partial charge in [-0.1, -0.05) is 29.3 Å². The van der Waals surface area contributed by atoms with Crippen molar-refractivity contribution in [1.29, 1.82) is 0 Å². The molecule has 1 aromatic rings. The maximum absolute atomic E-state index is 12.1. The number of benzene rings is 1. The van der Waals surface area contributed by atoms with Gasteiger partial charge in [0, 0.05) is 10.0 Å². The Kier molecular flexibility index (Phi) is 7.37. The number of rotatable bonds is 8. The first kappa shape index (κ1) is 17.0. The van der Waals surface area contributed by atoms with E-state index in [4.69, 9.17) is 37.0 Å². The van der Waals surface area contributed by atoms with Crippen LogP contribution in [0, 0.1) is 0 Å². The van der Waals surface area contributed by atoms with E-state index in [1.807, 2.05) is 0 Å². The zero-order valence-electron chi connectivity index (χ0n) is 10.9. The molecule has 4 nitrogen and oxygen atoms in total. The molecule has 0 heterocycles. The molecule has 0 fully saturated rings. The van der Waals surface area contributed by atoms with Crippen LogP contribution in [0.15, 0.2) is 18.2 Å². The SMILES string of the molecule is CCOP(=O)(COCc1ccc(Cl)cc1Cl)OCC. The first-order chi connectivity index (χ1) is 9.00. The summed E-state index contributed by atoms with van der Waals surface area (Å²) in [6.07, 6.45) is -0.104. The Balaban J connectivity index is 2.54. The van der Waals surface area contributed by atoms with Crippen LogP contribution in [0.4, 0.5) is 0 Å². The van der Waals surface area contributed by atoms with E-state index in [-0.39, 0.29) is 13.0 Å². The summed E-state index contributed by atoms with van der Waals surface area (Å²) in [5.41, 5.74) is 0.769. The lowest BCUT2D eigenvalue weighted by molar-refractivity contribution is 0.123. The zero-order chi connectivity index (χ0) is 14.3. The molecular formula is C12H17Cl2O4P. The van der Waals surface area contributed by atoms with Crippen LogP contribution in [0.5, 0.6) is 0 Å². The summed E-state index contributed by atoms with van der Waals surface area (Å²) in [4.78, 5) is 0. The van der Waals surface area contributed by atoms with E-state index in [1.165, 1.54) is 0 Å². The van der Waals surface area contributed by atoms with Crippen LogP contribution >= 0.6 is 30.8 Å². The number of hydrogen-bond acceptors (Lipinski definition) is 4. The largest absolute Gasteiger partial charge is 0.364 e. The molecule has 1 rings (SSSR count). The fraction of sp³-hybridized carbons (Fsp3) is 0.500. The normalized spacial score (nSPS) is 11.8. The number of ether oxygens (including phenoxy) is 1. The van der Waals surface area contributed by atoms with Gasteiger partial charge in [-0.3, -0.25) is 4.57 Å². The van der Waals surface area contributed by atoms with Gasteiger partial charge in [0.2, 0.25) is 0 Å². The van der Waals surface area contributed by atoms with E-state index in [0.29, 0.717) is 23.3 Å². The maximum Gasteiger partial charge on any atom is 0.356 e. The summed E-state index contributed by atoms with van der Waals surface area (Å²) < 4.78 is 27.7. The molecule has 0 N–H and O–H groups in total. The van der Waals surface area contributed by atoms with Crippen LogP contribution in [0.1, 0.15) is 19.4 Å². The lowest BCUT2D eigenvalue weighted by atomic mass is 10.2. The second kappa shape index (κ2) is 8.25. The molecule has 0 aliphatic carbocycles. The molecule has 0 saturated heterocycles. The van der Waals surface area contributed by atoms with Gasteiger partial charge in [-0.15, -0.1) is 0 Å². The first-order valence-corrected chi connectivity index (χ1v) is 8.39. The minimum absolute atomic E-state index is 0.104. The summed E-state index contributed by atoms with van der Waals surface area (Å²) in [5, 5.41) is 1.07. The van der Waals surface area contributed by atoms with Crippen LogP contribution in [0.25, 0.3) is 0 Å². The zero-order valence-corrected chi connectivity index (χ0v) is 13.3. The van der Waals surface area contributed by atoms with Crippen molar-refractivity contribution in [3.8, 4) is 0 Å². The molecular weight excluding hydrogens is 310 g/mol. The third-order valence-corrected chi connectivity index (χ3v) is 4.56. The molecule has 1 aromatic carbocycles. The van der Waals surface area contributed by atoms with Crippen LogP contribution in [-0.2, 0) is 25.0 Å². The van der Waals surface area contributed by atoms with Crippen molar-refractivity contribution in [2.75, 3.05) is 19.6 Å². The van der Waals surface area contributed by atoms with Gasteiger partial charge in [0.1, 0.15) is 6.35 Å². The van der Waals surface area contributed by atoms with Gasteiger partial charge in [-0.25, -0.2) is 0 Å². The standard InChI is InChI=1S/C12H17Cl2O4P/c1-3-17-19(15,18-4-2)9-16-8-10-5-6-11(13)7-12(10)14/h5-7H,3-4,8-9H2,1-2H3. The summed E-state index contributed by atoms with van der Waals surface area (Å²) >= 11 is 11.8. The highest BCUT2D eigenvalue weighted by atomic mass is 35.5. The summed E-state index contributed by atoms with van der Waals surface area (Å²) in [5.74, 6) is 0. The highest BCUT2D eigenvalue weighted by Crippen LogP contribution is 2.48. The first-order valence-electron chi connectivity index (χ1n) is 5.90. The fourth-order valence-electron chi connectivity index (χ4n) is 1.41. The van der Waals surface area contributed by atoms with Crippen LogP contribution in [0.3, 0.4) is 0 Å². The van der Waals surface area contributed by atoms with Gasteiger partial charge in [0.15, 0.2) is 0 Å². The minimum Gasteiger partial charge on any atom is -0.364 e. The van der Waals surface area contributed by atoms with Gasteiger partial charge in [0.25, 0.3) is 0 Å². The quantitative estimate of drug-likeness (QED) is 0.647. The lowest BCUT2D eigenvalue weighted by Gasteiger charge is -2.17. The average Bonchev–Trinajstić information content (AvgIpc) is 2.32. The Morgan fingerprint density at radius 2 is 1.79 bits per heavy atom. The van der Waals surface area contributed by atoms with Crippen LogP contribution < -0.4 is 0 Å². The highest BCUT2D eigenvalue weighted by Gasteiger charge is 2.23. The molecule has 0 unspecified atom stereocenters. The highest BCUT2D eigenvalue weighted by molar-refractivity contribution is 7.53. The second-order valence-corrected chi connectivity index (χ2v) is 6.50. The van der Waals surface area contributed by atoms with E-state index >= 15 is 0 Å². The molecule has 0 amide bonds. The van der Waals surface area contributed by atoms with Crippen molar-refractivity contribution in [2.45, 2.75) is 20.5 Å². The van der Waals surface area contributed by atoms with Gasteiger partial charge in [-0.2, -0.15) is 0 Å². The topological polar surface area (TPSA) is 44.8 Å². The number of hydrogen-bond donors (Lipinski definition) is 0. The fourth-order valence-corrected chi connectivity index (χ4v) is 3.20. The van der Waals surface area contributed by atoms with E-state index < -0.39 is 7.60 Å². The van der Waals surface area contributed by atoms with Gasteiger partial charge in [-0.05, 0) is 31.5 Å². The van der Waals surface area contributed by atoms with Gasteiger partial charge >= 0.3 is 7.60 Å². The average molecular weight is 327 g/mol. The molecule has 108 valence electrons. The Morgan fingerprint density at radius 1 is 1.16 bits per heavy atom.